The molecule has 0 spiro atoms. The maximum Gasteiger partial charge on any atom is 0.126 e. The van der Waals surface area contributed by atoms with Crippen LogP contribution in [0.2, 0.25) is 0 Å². The number of benzene rings is 4. The van der Waals surface area contributed by atoms with Crippen molar-refractivity contribution in [3.8, 4) is 23.0 Å². The third-order valence-corrected chi connectivity index (χ3v) is 15.1. The molecule has 4 aromatic carbocycles. The Hall–Kier alpha value is -4.38. The Kier molecular flexibility index (Phi) is 23.0. The summed E-state index contributed by atoms with van der Waals surface area (Å²) in [5.74, 6) is 3.50. The lowest BCUT2D eigenvalue weighted by Crippen LogP contribution is -2.29. The molecule has 6 rings (SSSR count). The molecule has 0 fully saturated rings. The van der Waals surface area contributed by atoms with E-state index in [-0.39, 0.29) is 27.8 Å². The number of fused-ring (bicyclic) bond motifs is 2. The van der Waals surface area contributed by atoms with Crippen LogP contribution in [0, 0.1) is 0 Å². The van der Waals surface area contributed by atoms with Crippen molar-refractivity contribution in [1.29, 1.82) is 0 Å². The second-order valence-corrected chi connectivity index (χ2v) is 25.7. The number of rotatable bonds is 14. The van der Waals surface area contributed by atoms with Gasteiger partial charge in [0.25, 0.3) is 0 Å². The summed E-state index contributed by atoms with van der Waals surface area (Å²) in [5.41, 5.74) is 13.2. The van der Waals surface area contributed by atoms with Crippen molar-refractivity contribution >= 4 is 0 Å². The van der Waals surface area contributed by atoms with Gasteiger partial charge in [0.1, 0.15) is 42.3 Å². The minimum Gasteiger partial charge on any atom is -0.496 e. The van der Waals surface area contributed by atoms with Crippen LogP contribution in [-0.4, -0.2) is 93.0 Å². The van der Waals surface area contributed by atoms with Gasteiger partial charge in [-0.15, -0.1) is 6.58 Å². The highest BCUT2D eigenvalue weighted by Crippen LogP contribution is 2.44. The molecule has 426 valence electrons. The SMILES string of the molecule is C=CCCCCCCCCCOCC1COc2c3cc(C(C)(C)C)cc2Cc2cc(C(C)(C)C)cc(c2OC)Cc2cc(C(C)(C)C)cc(c2OCCOCCOCCOCCO1)Cc1cc(C(C)(C)C)cc(c1OC)C3. The smallest absolute Gasteiger partial charge is 0.126 e. The van der Waals surface area contributed by atoms with Crippen LogP contribution < -0.4 is 18.9 Å². The van der Waals surface area contributed by atoms with E-state index in [0.29, 0.717) is 98.4 Å². The van der Waals surface area contributed by atoms with Crippen molar-refractivity contribution in [2.75, 3.05) is 86.9 Å². The van der Waals surface area contributed by atoms with Gasteiger partial charge in [0.2, 0.25) is 0 Å². The molecule has 4 aromatic rings. The molecule has 0 saturated carbocycles. The van der Waals surface area contributed by atoms with E-state index >= 15 is 0 Å². The van der Waals surface area contributed by atoms with E-state index in [9.17, 15) is 0 Å². The molecule has 9 nitrogen and oxygen atoms in total. The molecule has 2 aliphatic rings. The second kappa shape index (κ2) is 28.7. The molecule has 1 atom stereocenters. The summed E-state index contributed by atoms with van der Waals surface area (Å²) >= 11 is 0. The summed E-state index contributed by atoms with van der Waals surface area (Å²) in [6, 6.07) is 18.9. The first-order chi connectivity index (χ1) is 36.6. The molecule has 0 saturated heterocycles. The molecular formula is C68H100O9. The van der Waals surface area contributed by atoms with Gasteiger partial charge in [-0.2, -0.15) is 0 Å². The Morgan fingerprint density at radius 3 is 1.16 bits per heavy atom. The standard InChI is InChI=1S/C68H100O9/c1-16-17-18-19-20-21-22-23-24-25-74-46-60-47-77-64-54-36-50-40-56(65(2,3)4)38-48(61(50)69-14)34-52-42-58(67(8,9)10)43-53(63(52)76-33-31-73-29-27-71-26-28-72-30-32-75-60)35-49-39-57(66(5,6)7)41-51(62(49)70-15)37-55(64)45-59(44-54)68(11,12)13/h16,38-45,60H,1,17-37,46-47H2,2-15H3. The highest BCUT2D eigenvalue weighted by Gasteiger charge is 2.30. The summed E-state index contributed by atoms with van der Waals surface area (Å²) < 4.78 is 58.8. The molecule has 0 amide bonds. The molecule has 1 unspecified atom stereocenters. The zero-order valence-corrected chi connectivity index (χ0v) is 50.4. The van der Waals surface area contributed by atoms with Crippen LogP contribution in [0.25, 0.3) is 0 Å². The van der Waals surface area contributed by atoms with Gasteiger partial charge in [-0.3, -0.25) is 0 Å². The first-order valence-corrected chi connectivity index (χ1v) is 29.1. The first kappa shape index (κ1) is 61.8. The van der Waals surface area contributed by atoms with Crippen molar-refractivity contribution in [2.24, 2.45) is 0 Å². The van der Waals surface area contributed by atoms with E-state index in [0.717, 1.165) is 86.8 Å². The summed E-state index contributed by atoms with van der Waals surface area (Å²) in [6.45, 7) is 36.3. The molecule has 0 radical (unpaired) electrons. The van der Waals surface area contributed by atoms with E-state index in [4.69, 9.17) is 42.6 Å². The van der Waals surface area contributed by atoms with Gasteiger partial charge < -0.3 is 42.6 Å². The number of ether oxygens (including phenoxy) is 9. The zero-order valence-electron chi connectivity index (χ0n) is 50.4. The van der Waals surface area contributed by atoms with Crippen molar-refractivity contribution in [3.05, 3.63) is 128 Å². The Morgan fingerprint density at radius 1 is 0.442 bits per heavy atom. The van der Waals surface area contributed by atoms with Gasteiger partial charge in [0.05, 0.1) is 67.1 Å². The molecule has 0 aromatic heterocycles. The predicted molar refractivity (Wildman–Crippen MR) is 316 cm³/mol. The first-order valence-electron chi connectivity index (χ1n) is 29.1. The molecule has 9 heteroatoms. The Morgan fingerprint density at radius 2 is 0.779 bits per heavy atom. The monoisotopic (exact) mass is 1060 g/mol. The van der Waals surface area contributed by atoms with Crippen molar-refractivity contribution in [1.82, 2.24) is 0 Å². The summed E-state index contributed by atoms with van der Waals surface area (Å²) in [4.78, 5) is 0. The van der Waals surface area contributed by atoms with Gasteiger partial charge in [0, 0.05) is 32.3 Å². The van der Waals surface area contributed by atoms with Crippen molar-refractivity contribution < 1.29 is 42.6 Å². The van der Waals surface area contributed by atoms with Crippen LogP contribution in [0.3, 0.4) is 0 Å². The molecule has 10 bridgehead atoms. The average Bonchev–Trinajstić information content (AvgIpc) is 3.35. The highest BCUT2D eigenvalue weighted by atomic mass is 16.6. The number of hydrogen-bond acceptors (Lipinski definition) is 9. The van der Waals surface area contributed by atoms with Gasteiger partial charge >= 0.3 is 0 Å². The average molecular weight is 1060 g/mol. The lowest BCUT2D eigenvalue weighted by molar-refractivity contribution is -0.0603. The minimum absolute atomic E-state index is 0.146. The number of methoxy groups -OCH3 is 2. The van der Waals surface area contributed by atoms with Crippen LogP contribution in [0.15, 0.2) is 61.2 Å². The molecule has 1 aliphatic carbocycles. The van der Waals surface area contributed by atoms with E-state index in [1.54, 1.807) is 0 Å². The van der Waals surface area contributed by atoms with Crippen molar-refractivity contribution in [3.63, 3.8) is 0 Å². The zero-order chi connectivity index (χ0) is 55.8. The third kappa shape index (κ3) is 18.3. The topological polar surface area (TPSA) is 83.1 Å². The van der Waals surface area contributed by atoms with Crippen molar-refractivity contribution in [2.45, 2.75) is 188 Å². The summed E-state index contributed by atoms with van der Waals surface area (Å²) in [5, 5.41) is 0. The van der Waals surface area contributed by atoms with Crippen LogP contribution in [0.1, 0.15) is 201 Å². The Bertz CT molecular complexity index is 2370. The fourth-order valence-corrected chi connectivity index (χ4v) is 10.4. The van der Waals surface area contributed by atoms with Gasteiger partial charge in [-0.1, -0.05) is 170 Å². The maximum absolute atomic E-state index is 7.35. The van der Waals surface area contributed by atoms with Gasteiger partial charge in [-0.25, -0.2) is 0 Å². The lowest BCUT2D eigenvalue weighted by Gasteiger charge is -2.29. The van der Waals surface area contributed by atoms with E-state index in [2.05, 4.69) is 138 Å². The van der Waals surface area contributed by atoms with Crippen LogP contribution in [0.5, 0.6) is 23.0 Å². The highest BCUT2D eigenvalue weighted by molar-refractivity contribution is 5.60. The van der Waals surface area contributed by atoms with E-state index < -0.39 is 0 Å². The van der Waals surface area contributed by atoms with Crippen LogP contribution in [-0.2, 0) is 71.0 Å². The van der Waals surface area contributed by atoms with Crippen LogP contribution >= 0.6 is 0 Å². The third-order valence-electron chi connectivity index (χ3n) is 15.1. The Balaban J connectivity index is 1.57. The normalized spacial score (nSPS) is 16.8. The van der Waals surface area contributed by atoms with E-state index in [1.807, 2.05) is 20.3 Å². The van der Waals surface area contributed by atoms with Gasteiger partial charge in [-0.05, 0) is 108 Å². The Labute approximate surface area is 466 Å². The lowest BCUT2D eigenvalue weighted by atomic mass is 9.79. The molecule has 1 heterocycles. The van der Waals surface area contributed by atoms with Crippen LogP contribution in [0.4, 0.5) is 0 Å². The fraction of sp³-hybridized carbons (Fsp3) is 0.618. The van der Waals surface area contributed by atoms with E-state index in [1.165, 1.54) is 54.4 Å². The number of unbranched alkanes of at least 4 members (excludes halogenated alkanes) is 7. The molecular weight excluding hydrogens is 961 g/mol. The minimum atomic E-state index is -0.341. The largest absolute Gasteiger partial charge is 0.496 e. The summed E-state index contributed by atoms with van der Waals surface area (Å²) in [6.07, 6.45) is 13.6. The number of hydrogen-bond donors (Lipinski definition) is 0. The predicted octanol–water partition coefficient (Wildman–Crippen LogP) is 15.1. The second-order valence-electron chi connectivity index (χ2n) is 25.7. The fourth-order valence-electron chi connectivity index (χ4n) is 10.4. The maximum atomic E-state index is 7.35. The molecule has 77 heavy (non-hydrogen) atoms. The molecule has 1 aliphatic heterocycles. The summed E-state index contributed by atoms with van der Waals surface area (Å²) in [7, 11) is 3.64. The number of allylic oxidation sites excluding steroid dienone is 1. The quantitative estimate of drug-likeness (QED) is 0.0797. The molecule has 0 N–H and O–H groups in total. The van der Waals surface area contributed by atoms with Gasteiger partial charge in [0.15, 0.2) is 0 Å².